The van der Waals surface area contributed by atoms with Crippen molar-refractivity contribution in [1.29, 1.82) is 0 Å². The summed E-state index contributed by atoms with van der Waals surface area (Å²) in [5, 5.41) is 87.0. The third-order valence-corrected chi connectivity index (χ3v) is 14.0. The second-order valence-electron chi connectivity index (χ2n) is 20.4. The summed E-state index contributed by atoms with van der Waals surface area (Å²) in [6.07, 6.45) is 37.2. The summed E-state index contributed by atoms with van der Waals surface area (Å²) in [4.78, 5) is 13.2. The lowest BCUT2D eigenvalue weighted by atomic mass is 9.97. The van der Waals surface area contributed by atoms with Gasteiger partial charge in [-0.2, -0.15) is 0 Å². The molecule has 0 saturated carbocycles. The number of rotatable bonds is 45. The Bertz CT molecular complexity index is 1390. The number of amides is 1. The first-order chi connectivity index (χ1) is 35.1. The number of allylic oxidation sites excluding steroid dienone is 7. The molecule has 14 heteroatoms. The Morgan fingerprint density at radius 2 is 0.889 bits per heavy atom. The van der Waals surface area contributed by atoms with Crippen molar-refractivity contribution in [2.75, 3.05) is 19.8 Å². The van der Waals surface area contributed by atoms with Gasteiger partial charge in [0.2, 0.25) is 5.91 Å². The number of aliphatic hydroxyl groups is 8. The van der Waals surface area contributed by atoms with E-state index < -0.39 is 86.8 Å². The fourth-order valence-electron chi connectivity index (χ4n) is 9.26. The standard InChI is InChI=1S/C58H105NO13/c1-3-5-7-9-11-13-15-17-19-21-22-23-24-26-28-30-32-34-36-38-40-42-50(63)59-46(47(62)41-39-37-35-33-31-29-27-25-20-18-16-14-12-10-8-6-4-2)45-69-57-55(68)53(66)56(49(44-61)71-57)72-58-54(67)52(65)51(64)48(43-60)70-58/h20-22,25,31,33,39,41,46-49,51-58,60-62,64-68H,3-19,23-24,26-30,32,34-38,40,42-45H2,1-2H3,(H,59,63)/b22-21-,25-20+,33-31+,41-39+. The maximum absolute atomic E-state index is 13.2. The van der Waals surface area contributed by atoms with Crippen molar-refractivity contribution in [3.8, 4) is 0 Å². The van der Waals surface area contributed by atoms with E-state index in [1.165, 1.54) is 141 Å². The Morgan fingerprint density at radius 1 is 0.486 bits per heavy atom. The third kappa shape index (κ3) is 29.9. The van der Waals surface area contributed by atoms with Gasteiger partial charge in [0, 0.05) is 6.42 Å². The number of unbranched alkanes of at least 4 members (excludes halogenated alkanes) is 26. The summed E-state index contributed by atoms with van der Waals surface area (Å²) in [5.41, 5.74) is 0. The molecule has 420 valence electrons. The van der Waals surface area contributed by atoms with Crippen molar-refractivity contribution in [2.24, 2.45) is 0 Å². The van der Waals surface area contributed by atoms with Gasteiger partial charge in [0.05, 0.1) is 32.0 Å². The molecule has 12 unspecified atom stereocenters. The van der Waals surface area contributed by atoms with Gasteiger partial charge in [0.15, 0.2) is 12.6 Å². The molecule has 0 bridgehead atoms. The molecule has 2 fully saturated rings. The van der Waals surface area contributed by atoms with Crippen LogP contribution in [0.15, 0.2) is 48.6 Å². The van der Waals surface area contributed by atoms with E-state index in [0.717, 1.165) is 44.9 Å². The molecule has 0 spiro atoms. The van der Waals surface area contributed by atoms with E-state index in [2.05, 4.69) is 55.6 Å². The zero-order valence-corrected chi connectivity index (χ0v) is 44.9. The molecular formula is C58H105NO13. The summed E-state index contributed by atoms with van der Waals surface area (Å²) in [7, 11) is 0. The number of ether oxygens (including phenoxy) is 4. The molecule has 2 aliphatic heterocycles. The highest BCUT2D eigenvalue weighted by Gasteiger charge is 2.51. The topological polar surface area (TPSA) is 228 Å². The van der Waals surface area contributed by atoms with Gasteiger partial charge in [-0.1, -0.05) is 191 Å². The van der Waals surface area contributed by atoms with Crippen LogP contribution in [0.1, 0.15) is 219 Å². The van der Waals surface area contributed by atoms with Crippen molar-refractivity contribution < 1.29 is 64.6 Å². The van der Waals surface area contributed by atoms with Gasteiger partial charge in [-0.3, -0.25) is 4.79 Å². The normalized spacial score (nSPS) is 25.9. The Balaban J connectivity index is 1.81. The van der Waals surface area contributed by atoms with E-state index in [4.69, 9.17) is 18.9 Å². The summed E-state index contributed by atoms with van der Waals surface area (Å²) in [6.45, 7) is 2.76. The van der Waals surface area contributed by atoms with E-state index in [1.807, 2.05) is 6.08 Å². The van der Waals surface area contributed by atoms with Gasteiger partial charge in [-0.25, -0.2) is 0 Å². The third-order valence-electron chi connectivity index (χ3n) is 14.0. The molecule has 0 aromatic rings. The van der Waals surface area contributed by atoms with Gasteiger partial charge >= 0.3 is 0 Å². The fraction of sp³-hybridized carbons (Fsp3) is 0.845. The van der Waals surface area contributed by atoms with Crippen LogP contribution in [0.25, 0.3) is 0 Å². The van der Waals surface area contributed by atoms with Gasteiger partial charge < -0.3 is 65.1 Å². The average molecular weight is 1020 g/mol. The minimum absolute atomic E-state index is 0.256. The van der Waals surface area contributed by atoms with Gasteiger partial charge in [0.1, 0.15) is 48.8 Å². The highest BCUT2D eigenvalue weighted by atomic mass is 16.7. The van der Waals surface area contributed by atoms with Crippen LogP contribution in [0, 0.1) is 0 Å². The van der Waals surface area contributed by atoms with Crippen LogP contribution in [0.3, 0.4) is 0 Å². The van der Waals surface area contributed by atoms with E-state index in [0.29, 0.717) is 12.8 Å². The molecule has 14 nitrogen and oxygen atoms in total. The molecule has 12 atom stereocenters. The monoisotopic (exact) mass is 1020 g/mol. The Morgan fingerprint density at radius 3 is 1.36 bits per heavy atom. The zero-order valence-electron chi connectivity index (χ0n) is 44.9. The molecule has 2 rings (SSSR count). The molecule has 9 N–H and O–H groups in total. The molecular weight excluding hydrogens is 919 g/mol. The quantitative estimate of drug-likeness (QED) is 0.0205. The van der Waals surface area contributed by atoms with E-state index in [9.17, 15) is 45.6 Å². The first kappa shape index (κ1) is 66.1. The predicted molar refractivity (Wildman–Crippen MR) is 286 cm³/mol. The predicted octanol–water partition coefficient (Wildman–Crippen LogP) is 9.22. The number of aliphatic hydroxyl groups excluding tert-OH is 8. The first-order valence-electron chi connectivity index (χ1n) is 28.9. The molecule has 1 amide bonds. The van der Waals surface area contributed by atoms with Crippen molar-refractivity contribution in [3.63, 3.8) is 0 Å². The number of carbonyl (C=O) groups excluding carboxylic acids is 1. The maximum Gasteiger partial charge on any atom is 0.220 e. The molecule has 0 aromatic carbocycles. The Kier molecular flexibility index (Phi) is 40.5. The molecule has 2 aliphatic rings. The smallest absolute Gasteiger partial charge is 0.220 e. The number of nitrogens with one attached hydrogen (secondary N) is 1. The van der Waals surface area contributed by atoms with Crippen LogP contribution in [0.4, 0.5) is 0 Å². The second kappa shape index (κ2) is 44.1. The number of hydrogen-bond donors (Lipinski definition) is 9. The van der Waals surface area contributed by atoms with E-state index in [1.54, 1.807) is 6.08 Å². The zero-order chi connectivity index (χ0) is 52.4. The minimum atomic E-state index is -1.79. The highest BCUT2D eigenvalue weighted by molar-refractivity contribution is 5.76. The molecule has 2 saturated heterocycles. The fourth-order valence-corrected chi connectivity index (χ4v) is 9.26. The molecule has 0 aromatic heterocycles. The van der Waals surface area contributed by atoms with Crippen LogP contribution in [0.2, 0.25) is 0 Å². The largest absolute Gasteiger partial charge is 0.394 e. The van der Waals surface area contributed by atoms with Crippen molar-refractivity contribution in [3.05, 3.63) is 48.6 Å². The summed E-state index contributed by atoms with van der Waals surface area (Å²) in [6, 6.07) is -0.939. The van der Waals surface area contributed by atoms with Crippen molar-refractivity contribution in [1.82, 2.24) is 5.32 Å². The summed E-state index contributed by atoms with van der Waals surface area (Å²) in [5.74, 6) is -0.256. The average Bonchev–Trinajstić information content (AvgIpc) is 3.38. The van der Waals surface area contributed by atoms with Crippen LogP contribution < -0.4 is 5.32 Å². The summed E-state index contributed by atoms with van der Waals surface area (Å²) >= 11 is 0. The lowest BCUT2D eigenvalue weighted by molar-refractivity contribution is -0.359. The van der Waals surface area contributed by atoms with Gasteiger partial charge in [0.25, 0.3) is 0 Å². The van der Waals surface area contributed by atoms with Crippen LogP contribution in [-0.4, -0.2) is 140 Å². The van der Waals surface area contributed by atoms with Crippen molar-refractivity contribution >= 4 is 5.91 Å². The maximum atomic E-state index is 13.2. The molecule has 0 aliphatic carbocycles. The number of carbonyl (C=O) groups is 1. The SMILES string of the molecule is CCCCCCCCC/C=C/CC/C=C/CC/C=C/C(O)C(COC1OC(CO)C(OC2OC(CO)C(O)C(O)C2O)C(O)C1O)NC(=O)CCCCCCCCCCC/C=C\CCCCCCCCCC. The van der Waals surface area contributed by atoms with Crippen molar-refractivity contribution in [2.45, 2.75) is 293 Å². The van der Waals surface area contributed by atoms with E-state index >= 15 is 0 Å². The first-order valence-corrected chi connectivity index (χ1v) is 28.9. The lowest BCUT2D eigenvalue weighted by Crippen LogP contribution is -2.65. The highest BCUT2D eigenvalue weighted by Crippen LogP contribution is 2.30. The second-order valence-corrected chi connectivity index (χ2v) is 20.4. The minimum Gasteiger partial charge on any atom is -0.394 e. The van der Waals surface area contributed by atoms with Gasteiger partial charge in [-0.15, -0.1) is 0 Å². The molecule has 72 heavy (non-hydrogen) atoms. The van der Waals surface area contributed by atoms with E-state index in [-0.39, 0.29) is 18.9 Å². The Labute approximate surface area is 435 Å². The van der Waals surface area contributed by atoms with Crippen LogP contribution in [0.5, 0.6) is 0 Å². The van der Waals surface area contributed by atoms with Crippen LogP contribution >= 0.6 is 0 Å². The number of hydrogen-bond acceptors (Lipinski definition) is 13. The van der Waals surface area contributed by atoms with Gasteiger partial charge in [-0.05, 0) is 70.6 Å². The van der Waals surface area contributed by atoms with Crippen LogP contribution in [-0.2, 0) is 23.7 Å². The lowest BCUT2D eigenvalue weighted by Gasteiger charge is -2.46. The Hall–Kier alpha value is -2.05. The molecule has 0 radical (unpaired) electrons. The summed E-state index contributed by atoms with van der Waals surface area (Å²) < 4.78 is 22.7. The molecule has 2 heterocycles.